The van der Waals surface area contributed by atoms with E-state index in [1.165, 1.54) is 25.7 Å². The van der Waals surface area contributed by atoms with Crippen molar-refractivity contribution in [3.8, 4) is 0 Å². The van der Waals surface area contributed by atoms with Crippen LogP contribution in [0.25, 0.3) is 0 Å². The Balaban J connectivity index is 0.000000605. The third kappa shape index (κ3) is 1.54. The van der Waals surface area contributed by atoms with E-state index in [0.29, 0.717) is 6.04 Å². The van der Waals surface area contributed by atoms with Gasteiger partial charge in [0.2, 0.25) is 0 Å². The summed E-state index contributed by atoms with van der Waals surface area (Å²) in [6.45, 7) is 2.17. The summed E-state index contributed by atoms with van der Waals surface area (Å²) in [5, 5.41) is 0. The van der Waals surface area contributed by atoms with Gasteiger partial charge < -0.3 is 5.73 Å². The summed E-state index contributed by atoms with van der Waals surface area (Å²) in [6.07, 6.45) is 5.89. The molecule has 2 fully saturated rings. The third-order valence-electron chi connectivity index (χ3n) is 3.47. The largest absolute Gasteiger partial charge is 0.328 e. The van der Waals surface area contributed by atoms with Crippen LogP contribution >= 0.6 is 12.4 Å². The molecule has 4 atom stereocenters. The van der Waals surface area contributed by atoms with Gasteiger partial charge in [0.1, 0.15) is 0 Å². The first kappa shape index (κ1) is 9.34. The molecule has 2 saturated carbocycles. The van der Waals surface area contributed by atoms with E-state index in [1.807, 2.05) is 0 Å². The third-order valence-corrected chi connectivity index (χ3v) is 3.47. The first-order chi connectivity index (χ1) is 4.77. The predicted octanol–water partition coefficient (Wildman–Crippen LogP) is 2.19. The van der Waals surface area contributed by atoms with Gasteiger partial charge in [-0.25, -0.2) is 0 Å². The Morgan fingerprint density at radius 1 is 1.27 bits per heavy atom. The number of rotatable bonds is 1. The number of hydrogen-bond donors (Lipinski definition) is 1. The molecule has 0 radical (unpaired) electrons. The highest BCUT2D eigenvalue weighted by Crippen LogP contribution is 2.49. The van der Waals surface area contributed by atoms with Gasteiger partial charge in [-0.05, 0) is 43.9 Å². The number of hydrogen-bond acceptors (Lipinski definition) is 1. The average Bonchev–Trinajstić information content (AvgIpc) is 2.44. The minimum atomic E-state index is 0. The Bertz CT molecular complexity index is 136. The van der Waals surface area contributed by atoms with Crippen molar-refractivity contribution in [3.05, 3.63) is 0 Å². The average molecular weight is 176 g/mol. The second kappa shape index (κ2) is 3.32. The summed E-state index contributed by atoms with van der Waals surface area (Å²) < 4.78 is 0. The van der Waals surface area contributed by atoms with E-state index < -0.39 is 0 Å². The molecular weight excluding hydrogens is 158 g/mol. The van der Waals surface area contributed by atoms with Crippen LogP contribution in [0.3, 0.4) is 0 Å². The van der Waals surface area contributed by atoms with Gasteiger partial charge >= 0.3 is 0 Å². The number of fused-ring (bicyclic) bond motifs is 2. The van der Waals surface area contributed by atoms with Crippen LogP contribution in [0.4, 0.5) is 0 Å². The Labute approximate surface area is 75.1 Å². The van der Waals surface area contributed by atoms with E-state index in [-0.39, 0.29) is 12.4 Å². The van der Waals surface area contributed by atoms with E-state index in [9.17, 15) is 0 Å². The maximum absolute atomic E-state index is 5.88. The van der Waals surface area contributed by atoms with Gasteiger partial charge in [-0.1, -0.05) is 6.42 Å². The summed E-state index contributed by atoms with van der Waals surface area (Å²) in [6, 6.07) is 0.454. The van der Waals surface area contributed by atoms with E-state index in [1.54, 1.807) is 0 Å². The lowest BCUT2D eigenvalue weighted by molar-refractivity contribution is 0.293. The SMILES string of the molecule is CC(N)C1C[C@H]2CC[C@@H]1C2.Cl. The molecule has 2 aliphatic rings. The van der Waals surface area contributed by atoms with Crippen molar-refractivity contribution in [1.29, 1.82) is 0 Å². The molecule has 0 amide bonds. The summed E-state index contributed by atoms with van der Waals surface area (Å²) in [5.74, 6) is 2.93. The molecule has 0 heterocycles. The van der Waals surface area contributed by atoms with Crippen LogP contribution in [-0.2, 0) is 0 Å². The monoisotopic (exact) mass is 175 g/mol. The number of nitrogens with two attached hydrogens (primary N) is 1. The highest BCUT2D eigenvalue weighted by molar-refractivity contribution is 5.85. The van der Waals surface area contributed by atoms with Crippen molar-refractivity contribution in [3.63, 3.8) is 0 Å². The normalized spacial score (nSPS) is 43.6. The fourth-order valence-electron chi connectivity index (χ4n) is 2.94. The van der Waals surface area contributed by atoms with Gasteiger partial charge in [-0.3, -0.25) is 0 Å². The molecule has 0 saturated heterocycles. The van der Waals surface area contributed by atoms with Crippen LogP contribution in [0.5, 0.6) is 0 Å². The van der Waals surface area contributed by atoms with Crippen molar-refractivity contribution < 1.29 is 0 Å². The standard InChI is InChI=1S/C9H17N.ClH/c1-6(10)9-5-7-2-3-8(9)4-7;/h6-9H,2-5,10H2,1H3;1H/t6?,7-,8+,9?;/m0./s1. The van der Waals surface area contributed by atoms with E-state index in [0.717, 1.165) is 17.8 Å². The quantitative estimate of drug-likeness (QED) is 0.650. The summed E-state index contributed by atoms with van der Waals surface area (Å²) in [4.78, 5) is 0. The molecule has 0 aromatic carbocycles. The second-order valence-corrected chi connectivity index (χ2v) is 4.20. The van der Waals surface area contributed by atoms with Crippen molar-refractivity contribution in [2.75, 3.05) is 0 Å². The van der Waals surface area contributed by atoms with Crippen LogP contribution in [0.1, 0.15) is 32.6 Å². The molecular formula is C9H18ClN. The molecule has 2 rings (SSSR count). The lowest BCUT2D eigenvalue weighted by atomic mass is 9.84. The van der Waals surface area contributed by atoms with Gasteiger partial charge in [0.25, 0.3) is 0 Å². The number of halogens is 1. The molecule has 11 heavy (non-hydrogen) atoms. The Hall–Kier alpha value is 0.250. The maximum Gasteiger partial charge on any atom is 0.00415 e. The fourth-order valence-corrected chi connectivity index (χ4v) is 2.94. The van der Waals surface area contributed by atoms with E-state index in [4.69, 9.17) is 5.73 Å². The van der Waals surface area contributed by atoms with Gasteiger partial charge in [0.05, 0.1) is 0 Å². The van der Waals surface area contributed by atoms with Crippen molar-refractivity contribution in [2.45, 2.75) is 38.6 Å². The molecule has 2 unspecified atom stereocenters. The van der Waals surface area contributed by atoms with Crippen LogP contribution in [0, 0.1) is 17.8 Å². The molecule has 2 aliphatic carbocycles. The van der Waals surface area contributed by atoms with Crippen LogP contribution in [0.15, 0.2) is 0 Å². The van der Waals surface area contributed by atoms with Gasteiger partial charge in [0, 0.05) is 6.04 Å². The topological polar surface area (TPSA) is 26.0 Å². The Morgan fingerprint density at radius 2 is 2.00 bits per heavy atom. The lowest BCUT2D eigenvalue weighted by Gasteiger charge is -2.24. The zero-order valence-corrected chi connectivity index (χ0v) is 7.94. The predicted molar refractivity (Wildman–Crippen MR) is 49.8 cm³/mol. The molecule has 2 heteroatoms. The first-order valence-corrected chi connectivity index (χ1v) is 4.53. The van der Waals surface area contributed by atoms with Crippen LogP contribution < -0.4 is 5.73 Å². The molecule has 1 nitrogen and oxygen atoms in total. The maximum atomic E-state index is 5.88. The van der Waals surface area contributed by atoms with Crippen molar-refractivity contribution in [2.24, 2.45) is 23.5 Å². The van der Waals surface area contributed by atoms with Gasteiger partial charge in [-0.2, -0.15) is 0 Å². The minimum Gasteiger partial charge on any atom is -0.328 e. The Kier molecular flexibility index (Phi) is 2.82. The minimum absolute atomic E-state index is 0. The van der Waals surface area contributed by atoms with Gasteiger partial charge in [0.15, 0.2) is 0 Å². The lowest BCUT2D eigenvalue weighted by Crippen LogP contribution is -2.30. The second-order valence-electron chi connectivity index (χ2n) is 4.20. The van der Waals surface area contributed by atoms with E-state index in [2.05, 4.69) is 6.92 Å². The first-order valence-electron chi connectivity index (χ1n) is 4.53. The Morgan fingerprint density at radius 3 is 2.27 bits per heavy atom. The molecule has 66 valence electrons. The molecule has 0 aromatic rings. The summed E-state index contributed by atoms with van der Waals surface area (Å²) in [7, 11) is 0. The summed E-state index contributed by atoms with van der Waals surface area (Å²) in [5.41, 5.74) is 5.88. The highest BCUT2D eigenvalue weighted by Gasteiger charge is 2.40. The van der Waals surface area contributed by atoms with Crippen molar-refractivity contribution in [1.82, 2.24) is 0 Å². The highest BCUT2D eigenvalue weighted by atomic mass is 35.5. The molecule has 0 aromatic heterocycles. The van der Waals surface area contributed by atoms with Crippen LogP contribution in [-0.4, -0.2) is 6.04 Å². The van der Waals surface area contributed by atoms with Crippen LogP contribution in [0.2, 0.25) is 0 Å². The molecule has 0 spiro atoms. The smallest absolute Gasteiger partial charge is 0.00415 e. The molecule has 2 bridgehead atoms. The zero-order chi connectivity index (χ0) is 7.14. The van der Waals surface area contributed by atoms with Gasteiger partial charge in [-0.15, -0.1) is 12.4 Å². The zero-order valence-electron chi connectivity index (χ0n) is 7.12. The summed E-state index contributed by atoms with van der Waals surface area (Å²) >= 11 is 0. The van der Waals surface area contributed by atoms with Crippen molar-refractivity contribution >= 4 is 12.4 Å². The fraction of sp³-hybridized carbons (Fsp3) is 1.00. The van der Waals surface area contributed by atoms with E-state index >= 15 is 0 Å². The molecule has 0 aliphatic heterocycles. The molecule has 2 N–H and O–H groups in total.